The van der Waals surface area contributed by atoms with Gasteiger partial charge in [0, 0.05) is 35.3 Å². The third-order valence-electron chi connectivity index (χ3n) is 5.13. The Morgan fingerprint density at radius 2 is 1.81 bits per heavy atom. The van der Waals surface area contributed by atoms with Gasteiger partial charge in [-0.1, -0.05) is 30.3 Å². The van der Waals surface area contributed by atoms with E-state index in [2.05, 4.69) is 21.0 Å². The molecule has 5 rings (SSSR count). The molecule has 150 valence electrons. The number of imidazole rings is 1. The number of nitrogens with zero attached hydrogens (tertiary/aromatic N) is 3. The summed E-state index contributed by atoms with van der Waals surface area (Å²) in [6.45, 7) is 0. The lowest BCUT2D eigenvalue weighted by Crippen LogP contribution is -2.11. The zero-order valence-electron chi connectivity index (χ0n) is 16.6. The number of primary amides is 1. The van der Waals surface area contributed by atoms with Gasteiger partial charge in [0.2, 0.25) is 5.91 Å². The van der Waals surface area contributed by atoms with Crippen LogP contribution in [0.4, 0.5) is 0 Å². The predicted octanol–water partition coefficient (Wildman–Crippen LogP) is 4.38. The number of amides is 1. The molecule has 3 aromatic heterocycles. The highest BCUT2D eigenvalue weighted by Crippen LogP contribution is 2.31. The average molecular weight is 405 g/mol. The summed E-state index contributed by atoms with van der Waals surface area (Å²) in [5, 5.41) is 1.05. The molecule has 0 aliphatic carbocycles. The molecule has 3 N–H and O–H groups in total. The summed E-state index contributed by atoms with van der Waals surface area (Å²) in [4.78, 5) is 28.8. The molecule has 1 amide bonds. The number of nitrogens with two attached hydrogens (primary N) is 1. The van der Waals surface area contributed by atoms with Crippen LogP contribution in [0.1, 0.15) is 21.7 Å². The number of hydrogen-bond acceptors (Lipinski definition) is 4. The minimum absolute atomic E-state index is 0.444. The van der Waals surface area contributed by atoms with Crippen molar-refractivity contribution in [1.29, 1.82) is 0 Å². The quantitative estimate of drug-likeness (QED) is 0.453. The number of aromatic nitrogens is 4. The zero-order valence-corrected chi connectivity index (χ0v) is 16.6. The second-order valence-corrected chi connectivity index (χ2v) is 7.27. The Morgan fingerprint density at radius 3 is 2.65 bits per heavy atom. The fourth-order valence-electron chi connectivity index (χ4n) is 3.66. The second kappa shape index (κ2) is 7.84. The van der Waals surface area contributed by atoms with Crippen LogP contribution in [0.2, 0.25) is 0 Å². The van der Waals surface area contributed by atoms with Gasteiger partial charge in [-0.15, -0.1) is 0 Å². The number of carbonyl (C=O) groups excluding carboxylic acids is 1. The van der Waals surface area contributed by atoms with Crippen LogP contribution < -0.4 is 5.73 Å². The van der Waals surface area contributed by atoms with E-state index in [4.69, 9.17) is 10.7 Å². The number of pyridine rings is 2. The average Bonchev–Trinajstić information content (AvgIpc) is 3.23. The molecule has 0 atom stereocenters. The lowest BCUT2D eigenvalue weighted by Gasteiger charge is -2.04. The lowest BCUT2D eigenvalue weighted by atomic mass is 10.1. The molecule has 0 aliphatic rings. The standard InChI is InChI=1S/C25H19N5O/c26-25(31)19-6-3-5-16(13-19)14-22-29-23(24(30-22)21-8-1-2-11-28-21)18-9-10-20-17(15-18)7-4-12-27-20/h1-13,15H,14H2,(H2,26,31)(H,29,30). The van der Waals surface area contributed by atoms with Gasteiger partial charge in [-0.3, -0.25) is 14.8 Å². The van der Waals surface area contributed by atoms with Crippen LogP contribution in [0, 0.1) is 0 Å². The van der Waals surface area contributed by atoms with Crippen LogP contribution in [0.5, 0.6) is 0 Å². The van der Waals surface area contributed by atoms with Crippen molar-refractivity contribution in [3.8, 4) is 22.6 Å². The highest BCUT2D eigenvalue weighted by atomic mass is 16.1. The fraction of sp³-hybridized carbons (Fsp3) is 0.0400. The van der Waals surface area contributed by atoms with Gasteiger partial charge < -0.3 is 10.7 Å². The van der Waals surface area contributed by atoms with E-state index in [-0.39, 0.29) is 0 Å². The summed E-state index contributed by atoms with van der Waals surface area (Å²) in [5.41, 5.74) is 11.3. The van der Waals surface area contributed by atoms with Crippen molar-refractivity contribution in [3.05, 3.63) is 102 Å². The Labute approximate surface area is 178 Å². The smallest absolute Gasteiger partial charge is 0.248 e. The summed E-state index contributed by atoms with van der Waals surface area (Å²) in [6.07, 6.45) is 4.09. The van der Waals surface area contributed by atoms with Crippen LogP contribution in [0.3, 0.4) is 0 Å². The molecule has 0 bridgehead atoms. The Hall–Kier alpha value is -4.32. The van der Waals surface area contributed by atoms with Crippen molar-refractivity contribution in [2.45, 2.75) is 6.42 Å². The summed E-state index contributed by atoms with van der Waals surface area (Å²) in [6, 6.07) is 23.2. The van der Waals surface area contributed by atoms with Crippen molar-refractivity contribution in [2.24, 2.45) is 5.73 Å². The third kappa shape index (κ3) is 3.79. The third-order valence-corrected chi connectivity index (χ3v) is 5.13. The second-order valence-electron chi connectivity index (χ2n) is 7.27. The summed E-state index contributed by atoms with van der Waals surface area (Å²) >= 11 is 0. The Bertz CT molecular complexity index is 1390. The number of fused-ring (bicyclic) bond motifs is 1. The first-order valence-electron chi connectivity index (χ1n) is 9.91. The van der Waals surface area contributed by atoms with Gasteiger partial charge in [0.15, 0.2) is 0 Å². The minimum atomic E-state index is -0.444. The normalized spacial score (nSPS) is 11.0. The van der Waals surface area contributed by atoms with Crippen molar-refractivity contribution < 1.29 is 4.79 Å². The molecule has 6 heteroatoms. The molecule has 0 saturated carbocycles. The highest BCUT2D eigenvalue weighted by molar-refractivity contribution is 5.93. The van der Waals surface area contributed by atoms with Crippen LogP contribution in [-0.4, -0.2) is 25.8 Å². The SMILES string of the molecule is NC(=O)c1cccc(Cc2nc(-c3ccc4ncccc4c3)c(-c3ccccn3)[nH]2)c1. The van der Waals surface area contributed by atoms with Crippen LogP contribution in [0.15, 0.2) is 85.2 Å². The summed E-state index contributed by atoms with van der Waals surface area (Å²) in [5.74, 6) is 0.337. The van der Waals surface area contributed by atoms with E-state index in [1.165, 1.54) is 0 Å². The molecule has 2 aromatic carbocycles. The first-order chi connectivity index (χ1) is 15.2. The van der Waals surface area contributed by atoms with Crippen LogP contribution in [0.25, 0.3) is 33.5 Å². The minimum Gasteiger partial charge on any atom is -0.366 e. The number of benzene rings is 2. The van der Waals surface area contributed by atoms with Crippen molar-refractivity contribution in [1.82, 2.24) is 19.9 Å². The van der Waals surface area contributed by atoms with E-state index in [1.54, 1.807) is 24.5 Å². The lowest BCUT2D eigenvalue weighted by molar-refractivity contribution is 0.1000. The first-order valence-corrected chi connectivity index (χ1v) is 9.91. The maximum Gasteiger partial charge on any atom is 0.248 e. The molecule has 0 aliphatic heterocycles. The molecule has 0 radical (unpaired) electrons. The number of rotatable bonds is 5. The van der Waals surface area contributed by atoms with Gasteiger partial charge in [0.25, 0.3) is 0 Å². The number of hydrogen-bond donors (Lipinski definition) is 2. The highest BCUT2D eigenvalue weighted by Gasteiger charge is 2.16. The molecular weight excluding hydrogens is 386 g/mol. The Morgan fingerprint density at radius 1 is 0.903 bits per heavy atom. The maximum atomic E-state index is 11.5. The van der Waals surface area contributed by atoms with Gasteiger partial charge in [-0.25, -0.2) is 4.98 Å². The van der Waals surface area contributed by atoms with Gasteiger partial charge in [-0.2, -0.15) is 0 Å². The molecule has 0 saturated heterocycles. The fourth-order valence-corrected chi connectivity index (χ4v) is 3.66. The van der Waals surface area contributed by atoms with Gasteiger partial charge in [-0.05, 0) is 48.0 Å². The van der Waals surface area contributed by atoms with E-state index in [9.17, 15) is 4.79 Å². The van der Waals surface area contributed by atoms with Crippen molar-refractivity contribution >= 4 is 16.8 Å². The van der Waals surface area contributed by atoms with Gasteiger partial charge in [0.1, 0.15) is 5.82 Å². The monoisotopic (exact) mass is 405 g/mol. The number of nitrogens with one attached hydrogen (secondary N) is 1. The first kappa shape index (κ1) is 18.7. The van der Waals surface area contributed by atoms with Crippen molar-refractivity contribution in [3.63, 3.8) is 0 Å². The molecule has 0 unspecified atom stereocenters. The predicted molar refractivity (Wildman–Crippen MR) is 120 cm³/mol. The summed E-state index contributed by atoms with van der Waals surface area (Å²) < 4.78 is 0. The molecule has 0 fully saturated rings. The maximum absolute atomic E-state index is 11.5. The number of H-pyrrole nitrogens is 1. The topological polar surface area (TPSA) is 97.6 Å². The zero-order chi connectivity index (χ0) is 21.2. The largest absolute Gasteiger partial charge is 0.366 e. The number of aromatic amines is 1. The van der Waals surface area contributed by atoms with Gasteiger partial charge in [0.05, 0.1) is 22.6 Å². The molecule has 6 nitrogen and oxygen atoms in total. The van der Waals surface area contributed by atoms with E-state index in [1.807, 2.05) is 54.6 Å². The molecule has 31 heavy (non-hydrogen) atoms. The Balaban J connectivity index is 1.60. The summed E-state index contributed by atoms with van der Waals surface area (Å²) in [7, 11) is 0. The van der Waals surface area contributed by atoms with E-state index in [0.29, 0.717) is 12.0 Å². The molecule has 3 heterocycles. The molecular formula is C25H19N5O. The number of carbonyl (C=O) groups is 1. The molecule has 5 aromatic rings. The van der Waals surface area contributed by atoms with E-state index < -0.39 is 5.91 Å². The Kier molecular flexibility index (Phi) is 4.72. The van der Waals surface area contributed by atoms with Crippen LogP contribution >= 0.6 is 0 Å². The van der Waals surface area contributed by atoms with Crippen LogP contribution in [-0.2, 0) is 6.42 Å². The molecule has 0 spiro atoms. The van der Waals surface area contributed by atoms with Crippen molar-refractivity contribution in [2.75, 3.05) is 0 Å². The van der Waals surface area contributed by atoms with E-state index in [0.717, 1.165) is 44.9 Å². The van der Waals surface area contributed by atoms with Gasteiger partial charge >= 0.3 is 0 Å². The van der Waals surface area contributed by atoms with E-state index >= 15 is 0 Å².